The molecule has 0 aliphatic heterocycles. The number of carbonyl (C=O) groups excluding carboxylic acids is 3. The van der Waals surface area contributed by atoms with Crippen molar-refractivity contribution in [1.29, 1.82) is 0 Å². The molecule has 0 bridgehead atoms. The number of nitrogens with zero attached hydrogens (tertiary/aromatic N) is 1. The Morgan fingerprint density at radius 3 is 2.43 bits per heavy atom. The maximum absolute atomic E-state index is 13.1. The first-order valence-electron chi connectivity index (χ1n) is 12.6. The second-order valence-electron chi connectivity index (χ2n) is 8.73. The van der Waals surface area contributed by atoms with Gasteiger partial charge in [-0.15, -0.1) is 0 Å². The lowest BCUT2D eigenvalue weighted by Crippen LogP contribution is -2.50. The van der Waals surface area contributed by atoms with Gasteiger partial charge in [0, 0.05) is 26.6 Å². The molecular formula is C28H37NO8. The van der Waals surface area contributed by atoms with E-state index in [1.54, 1.807) is 14.0 Å². The zero-order chi connectivity index (χ0) is 27.0. The molecule has 0 saturated heterocycles. The number of unbranched alkanes of at least 4 members (excludes halogenated alkanes) is 3. The van der Waals surface area contributed by atoms with Crippen molar-refractivity contribution in [2.75, 3.05) is 33.4 Å². The van der Waals surface area contributed by atoms with Crippen LogP contribution < -0.4 is 0 Å². The molecule has 1 amide bonds. The molecule has 0 saturated carbocycles. The first kappa shape index (κ1) is 29.9. The largest absolute Gasteiger partial charge is 0.479 e. The molecule has 0 aliphatic rings. The average Bonchev–Trinajstić information content (AvgIpc) is 2.89. The number of ether oxygens (including phenoxy) is 3. The highest BCUT2D eigenvalue weighted by molar-refractivity contribution is 5.88. The van der Waals surface area contributed by atoms with Gasteiger partial charge in [-0.25, -0.2) is 9.59 Å². The van der Waals surface area contributed by atoms with E-state index in [0.29, 0.717) is 13.0 Å². The van der Waals surface area contributed by atoms with Gasteiger partial charge in [-0.1, -0.05) is 48.9 Å². The van der Waals surface area contributed by atoms with Crippen LogP contribution in [0, 0.1) is 0 Å². The highest BCUT2D eigenvalue weighted by Crippen LogP contribution is 2.17. The van der Waals surface area contributed by atoms with Gasteiger partial charge in [0.15, 0.2) is 12.2 Å². The Balaban J connectivity index is 1.90. The fourth-order valence-corrected chi connectivity index (χ4v) is 3.89. The van der Waals surface area contributed by atoms with E-state index < -0.39 is 36.7 Å². The fourth-order valence-electron chi connectivity index (χ4n) is 3.89. The Hall–Kier alpha value is -3.30. The first-order chi connectivity index (χ1) is 17.9. The van der Waals surface area contributed by atoms with Gasteiger partial charge in [-0.3, -0.25) is 4.79 Å². The molecule has 9 nitrogen and oxygen atoms in total. The molecule has 0 radical (unpaired) electrons. The second kappa shape index (κ2) is 16.4. The number of carbonyl (C=O) groups is 4. The summed E-state index contributed by atoms with van der Waals surface area (Å²) in [5, 5.41) is 12.1. The number of amides is 1. The van der Waals surface area contributed by atoms with Crippen LogP contribution in [0.4, 0.5) is 0 Å². The summed E-state index contributed by atoms with van der Waals surface area (Å²) in [7, 11) is 1.58. The number of carboxylic acids is 1. The van der Waals surface area contributed by atoms with E-state index in [4.69, 9.17) is 14.2 Å². The lowest BCUT2D eigenvalue weighted by atomic mass is 10.0. The Bertz CT molecular complexity index is 1020. The van der Waals surface area contributed by atoms with Crippen LogP contribution in [0.1, 0.15) is 44.6 Å². The monoisotopic (exact) mass is 515 g/mol. The van der Waals surface area contributed by atoms with Gasteiger partial charge in [-0.05, 0) is 48.9 Å². The molecule has 2 atom stereocenters. The van der Waals surface area contributed by atoms with Crippen molar-refractivity contribution in [2.24, 2.45) is 0 Å². The Kier molecular flexibility index (Phi) is 13.3. The minimum Gasteiger partial charge on any atom is -0.479 e. The Morgan fingerprint density at radius 1 is 0.973 bits per heavy atom. The molecule has 2 aromatic carbocycles. The molecule has 0 heterocycles. The van der Waals surface area contributed by atoms with Crippen LogP contribution >= 0.6 is 0 Å². The van der Waals surface area contributed by atoms with Crippen LogP contribution in [-0.2, 0) is 39.8 Å². The minimum atomic E-state index is -1.69. The van der Waals surface area contributed by atoms with Crippen molar-refractivity contribution in [3.05, 3.63) is 48.0 Å². The summed E-state index contributed by atoms with van der Waals surface area (Å²) in [6, 6.07) is 14.7. The van der Waals surface area contributed by atoms with E-state index in [9.17, 15) is 24.3 Å². The number of aliphatic carboxylic acids is 1. The number of aryl methyl sites for hydroxylation is 1. The standard InChI is InChI=1S/C28H37NO8/c1-3-35-24(31)20-37-26(28(33)34)25(36-18-10-9-17-30)27(32)29(2)16-8-4-5-11-21-14-15-22-12-6-7-13-23(22)19-21/h6-7,12-15,17,19,25-26H,3-5,8-11,16,18,20H2,1-2H3,(H,33,34)/t25-,26-/m1/s1. The van der Waals surface area contributed by atoms with Crippen LogP contribution in [0.25, 0.3) is 10.8 Å². The second-order valence-corrected chi connectivity index (χ2v) is 8.73. The minimum absolute atomic E-state index is 0.00128. The highest BCUT2D eigenvalue weighted by atomic mass is 16.6. The van der Waals surface area contributed by atoms with Gasteiger partial charge in [0.2, 0.25) is 0 Å². The molecule has 2 aromatic rings. The number of fused-ring (bicyclic) bond motifs is 1. The third-order valence-electron chi connectivity index (χ3n) is 5.86. The third-order valence-corrected chi connectivity index (χ3v) is 5.86. The number of esters is 1. The number of likely N-dealkylation sites (N-methyl/N-ethyl adjacent to an activating group) is 1. The van der Waals surface area contributed by atoms with Gasteiger partial charge in [0.05, 0.1) is 6.61 Å². The van der Waals surface area contributed by atoms with Crippen molar-refractivity contribution >= 4 is 34.9 Å². The summed E-state index contributed by atoms with van der Waals surface area (Å²) in [5.41, 5.74) is 1.26. The van der Waals surface area contributed by atoms with E-state index >= 15 is 0 Å². The molecule has 9 heteroatoms. The highest BCUT2D eigenvalue weighted by Gasteiger charge is 2.38. The topological polar surface area (TPSA) is 119 Å². The Labute approximate surface area is 217 Å². The van der Waals surface area contributed by atoms with Crippen LogP contribution in [0.15, 0.2) is 42.5 Å². The van der Waals surface area contributed by atoms with Crippen LogP contribution in [0.3, 0.4) is 0 Å². The number of rotatable bonds is 18. The molecule has 0 unspecified atom stereocenters. The molecular weight excluding hydrogens is 478 g/mol. The lowest BCUT2D eigenvalue weighted by Gasteiger charge is -2.28. The number of carboxylic acid groups (broad SMARTS) is 1. The summed E-state index contributed by atoms with van der Waals surface area (Å²) in [5.74, 6) is -2.72. The van der Waals surface area contributed by atoms with Crippen LogP contribution in [0.5, 0.6) is 0 Å². The number of hydrogen-bond donors (Lipinski definition) is 1. The molecule has 37 heavy (non-hydrogen) atoms. The molecule has 0 spiro atoms. The third kappa shape index (κ3) is 10.3. The van der Waals surface area contributed by atoms with E-state index in [1.165, 1.54) is 21.2 Å². The van der Waals surface area contributed by atoms with E-state index in [1.807, 2.05) is 12.1 Å². The maximum Gasteiger partial charge on any atom is 0.336 e. The van der Waals surface area contributed by atoms with Crippen molar-refractivity contribution in [3.8, 4) is 0 Å². The van der Waals surface area contributed by atoms with Crippen molar-refractivity contribution in [2.45, 2.75) is 57.7 Å². The number of benzene rings is 2. The summed E-state index contributed by atoms with van der Waals surface area (Å²) in [6.07, 6.45) is 1.61. The van der Waals surface area contributed by atoms with E-state index in [-0.39, 0.29) is 19.6 Å². The van der Waals surface area contributed by atoms with Gasteiger partial charge >= 0.3 is 11.9 Å². The zero-order valence-electron chi connectivity index (χ0n) is 21.6. The molecule has 0 fully saturated rings. The van der Waals surface area contributed by atoms with E-state index in [0.717, 1.165) is 32.0 Å². The summed E-state index contributed by atoms with van der Waals surface area (Å²) in [4.78, 5) is 48.6. The van der Waals surface area contributed by atoms with Crippen molar-refractivity contribution in [1.82, 2.24) is 4.90 Å². The first-order valence-corrected chi connectivity index (χ1v) is 12.6. The molecule has 1 N–H and O–H groups in total. The fraction of sp³-hybridized carbons (Fsp3) is 0.500. The average molecular weight is 516 g/mol. The smallest absolute Gasteiger partial charge is 0.336 e. The Morgan fingerprint density at radius 2 is 1.73 bits per heavy atom. The summed E-state index contributed by atoms with van der Waals surface area (Å²) >= 11 is 0. The maximum atomic E-state index is 13.1. The molecule has 0 aliphatic carbocycles. The van der Waals surface area contributed by atoms with Crippen molar-refractivity contribution < 1.29 is 38.5 Å². The summed E-state index contributed by atoms with van der Waals surface area (Å²) in [6.45, 7) is 1.53. The predicted octanol–water partition coefficient (Wildman–Crippen LogP) is 3.41. The molecule has 202 valence electrons. The summed E-state index contributed by atoms with van der Waals surface area (Å²) < 4.78 is 15.5. The van der Waals surface area contributed by atoms with Gasteiger partial charge < -0.3 is 29.0 Å². The van der Waals surface area contributed by atoms with Gasteiger partial charge in [-0.2, -0.15) is 0 Å². The molecule has 2 rings (SSSR count). The predicted molar refractivity (Wildman–Crippen MR) is 138 cm³/mol. The van der Waals surface area contributed by atoms with Gasteiger partial charge in [0.25, 0.3) is 5.91 Å². The SMILES string of the molecule is CCOC(=O)CO[C@@H](C(=O)O)[C@@H](OCCCC=O)C(=O)N(C)CCCCCc1ccc2ccccc2c1. The lowest BCUT2D eigenvalue weighted by molar-refractivity contribution is -0.177. The normalized spacial score (nSPS) is 12.6. The number of aldehydes is 1. The quantitative estimate of drug-likeness (QED) is 0.182. The zero-order valence-corrected chi connectivity index (χ0v) is 21.6. The van der Waals surface area contributed by atoms with E-state index in [2.05, 4.69) is 30.3 Å². The van der Waals surface area contributed by atoms with Gasteiger partial charge in [0.1, 0.15) is 12.9 Å². The van der Waals surface area contributed by atoms with Crippen LogP contribution in [-0.4, -0.2) is 79.8 Å². The van der Waals surface area contributed by atoms with Crippen molar-refractivity contribution in [3.63, 3.8) is 0 Å². The molecule has 0 aromatic heterocycles. The number of hydrogen-bond acceptors (Lipinski definition) is 7. The van der Waals surface area contributed by atoms with Crippen LogP contribution in [0.2, 0.25) is 0 Å².